The highest BCUT2D eigenvalue weighted by Gasteiger charge is 2.11. The van der Waals surface area contributed by atoms with Crippen molar-refractivity contribution in [2.75, 3.05) is 14.2 Å². The molecule has 0 saturated heterocycles. The molecule has 1 aromatic rings. The molecule has 0 radical (unpaired) electrons. The quantitative estimate of drug-likeness (QED) is 0.726. The van der Waals surface area contributed by atoms with E-state index in [9.17, 15) is 4.91 Å². The summed E-state index contributed by atoms with van der Waals surface area (Å²) >= 11 is 5.81. The van der Waals surface area contributed by atoms with Crippen LogP contribution >= 0.6 is 11.6 Å². The van der Waals surface area contributed by atoms with Crippen LogP contribution in [0.2, 0.25) is 5.02 Å². The fourth-order valence-electron chi connectivity index (χ4n) is 1.19. The molecule has 0 amide bonds. The van der Waals surface area contributed by atoms with Crippen molar-refractivity contribution >= 4 is 11.6 Å². The topological polar surface area (TPSA) is 47.9 Å². The van der Waals surface area contributed by atoms with Crippen LogP contribution in [0.3, 0.4) is 0 Å². The molecular weight excluding hydrogens is 206 g/mol. The Morgan fingerprint density at radius 1 is 1.36 bits per heavy atom. The van der Waals surface area contributed by atoms with E-state index in [4.69, 9.17) is 21.1 Å². The zero-order valence-corrected chi connectivity index (χ0v) is 8.67. The van der Waals surface area contributed by atoms with Crippen LogP contribution < -0.4 is 9.47 Å². The number of rotatable bonds is 4. The highest BCUT2D eigenvalue weighted by atomic mass is 35.5. The summed E-state index contributed by atoms with van der Waals surface area (Å²) in [6, 6.07) is 3.25. The zero-order chi connectivity index (χ0) is 10.6. The second-order valence-electron chi connectivity index (χ2n) is 2.59. The maximum absolute atomic E-state index is 10.2. The lowest BCUT2D eigenvalue weighted by molar-refractivity contribution is 0.352. The Hall–Kier alpha value is -1.29. The summed E-state index contributed by atoms with van der Waals surface area (Å²) in [5.41, 5.74) is 0.617. The molecule has 1 aromatic carbocycles. The predicted octanol–water partition coefficient (Wildman–Crippen LogP) is 2.62. The molecule has 0 aliphatic carbocycles. The summed E-state index contributed by atoms with van der Waals surface area (Å²) in [6.07, 6.45) is 0. The monoisotopic (exact) mass is 215 g/mol. The van der Waals surface area contributed by atoms with Crippen molar-refractivity contribution < 1.29 is 9.47 Å². The summed E-state index contributed by atoms with van der Waals surface area (Å²) in [6.45, 7) is 0.0140. The second-order valence-corrected chi connectivity index (χ2v) is 3.02. The second kappa shape index (κ2) is 4.81. The Kier molecular flexibility index (Phi) is 3.71. The van der Waals surface area contributed by atoms with Crippen molar-refractivity contribution in [2.45, 2.75) is 6.54 Å². The number of benzene rings is 1. The van der Waals surface area contributed by atoms with E-state index in [-0.39, 0.29) is 6.54 Å². The van der Waals surface area contributed by atoms with E-state index in [1.54, 1.807) is 12.1 Å². The van der Waals surface area contributed by atoms with Crippen molar-refractivity contribution in [2.24, 2.45) is 5.18 Å². The summed E-state index contributed by atoms with van der Waals surface area (Å²) < 4.78 is 10.1. The van der Waals surface area contributed by atoms with Gasteiger partial charge in [-0.1, -0.05) is 16.8 Å². The van der Waals surface area contributed by atoms with Gasteiger partial charge in [-0.2, -0.15) is 4.91 Å². The minimum atomic E-state index is 0.0140. The smallest absolute Gasteiger partial charge is 0.166 e. The van der Waals surface area contributed by atoms with Gasteiger partial charge in [0.15, 0.2) is 11.5 Å². The van der Waals surface area contributed by atoms with Crippen molar-refractivity contribution in [3.63, 3.8) is 0 Å². The molecule has 0 bridgehead atoms. The van der Waals surface area contributed by atoms with Gasteiger partial charge in [0.2, 0.25) is 0 Å². The van der Waals surface area contributed by atoms with Gasteiger partial charge >= 0.3 is 0 Å². The van der Waals surface area contributed by atoms with E-state index in [0.717, 1.165) is 0 Å². The van der Waals surface area contributed by atoms with Gasteiger partial charge in [-0.05, 0) is 6.07 Å². The molecule has 0 aromatic heterocycles. The van der Waals surface area contributed by atoms with Gasteiger partial charge in [-0.25, -0.2) is 0 Å². The molecule has 4 nitrogen and oxygen atoms in total. The SMILES string of the molecule is COc1cc(Cl)cc(CN=O)c1OC. The summed E-state index contributed by atoms with van der Waals surface area (Å²) in [7, 11) is 3.01. The van der Waals surface area contributed by atoms with E-state index in [0.29, 0.717) is 22.1 Å². The average Bonchev–Trinajstić information content (AvgIpc) is 2.17. The number of halogens is 1. The molecule has 0 unspecified atom stereocenters. The van der Waals surface area contributed by atoms with E-state index >= 15 is 0 Å². The summed E-state index contributed by atoms with van der Waals surface area (Å²) in [5.74, 6) is 0.996. The third-order valence-corrected chi connectivity index (χ3v) is 1.97. The van der Waals surface area contributed by atoms with Crippen LogP contribution in [-0.2, 0) is 6.54 Å². The maximum Gasteiger partial charge on any atom is 0.166 e. The van der Waals surface area contributed by atoms with E-state index in [1.165, 1.54) is 14.2 Å². The molecule has 14 heavy (non-hydrogen) atoms. The Morgan fingerprint density at radius 2 is 2.07 bits per heavy atom. The number of methoxy groups -OCH3 is 2. The lowest BCUT2D eigenvalue weighted by atomic mass is 10.2. The first-order chi connectivity index (χ1) is 6.72. The Bertz CT molecular complexity index is 341. The number of nitroso groups, excluding NO2 is 1. The molecule has 5 heteroatoms. The number of ether oxygens (including phenoxy) is 2. The van der Waals surface area contributed by atoms with Gasteiger partial charge < -0.3 is 9.47 Å². The molecule has 0 spiro atoms. The van der Waals surface area contributed by atoms with Gasteiger partial charge in [0.25, 0.3) is 0 Å². The van der Waals surface area contributed by atoms with Crippen molar-refractivity contribution in [3.8, 4) is 11.5 Å². The first kappa shape index (κ1) is 10.8. The van der Waals surface area contributed by atoms with Crippen LogP contribution in [0.15, 0.2) is 17.3 Å². The predicted molar refractivity (Wildman–Crippen MR) is 54.1 cm³/mol. The normalized spacial score (nSPS) is 9.64. The standard InChI is InChI=1S/C9H10ClNO3/c1-13-8-4-7(10)3-6(5-11-12)9(8)14-2/h3-4H,5H2,1-2H3. The van der Waals surface area contributed by atoms with E-state index in [2.05, 4.69) is 5.18 Å². The summed E-state index contributed by atoms with van der Waals surface area (Å²) in [4.78, 5) is 10.2. The molecular formula is C9H10ClNO3. The van der Waals surface area contributed by atoms with Crippen LogP contribution in [-0.4, -0.2) is 14.2 Å². The molecule has 0 heterocycles. The first-order valence-corrected chi connectivity index (χ1v) is 4.30. The van der Waals surface area contributed by atoms with Crippen molar-refractivity contribution in [3.05, 3.63) is 27.6 Å². The van der Waals surface area contributed by atoms with Crippen LogP contribution in [0.4, 0.5) is 0 Å². The van der Waals surface area contributed by atoms with Crippen LogP contribution in [0.5, 0.6) is 11.5 Å². The largest absolute Gasteiger partial charge is 0.493 e. The van der Waals surface area contributed by atoms with Gasteiger partial charge in [-0.3, -0.25) is 0 Å². The fraction of sp³-hybridized carbons (Fsp3) is 0.333. The van der Waals surface area contributed by atoms with Crippen LogP contribution in [0.25, 0.3) is 0 Å². The minimum Gasteiger partial charge on any atom is -0.493 e. The molecule has 0 aliphatic rings. The van der Waals surface area contributed by atoms with Gasteiger partial charge in [-0.15, -0.1) is 0 Å². The lowest BCUT2D eigenvalue weighted by Crippen LogP contribution is -1.95. The Balaban J connectivity index is 3.23. The average molecular weight is 216 g/mol. The van der Waals surface area contributed by atoms with Crippen LogP contribution in [0.1, 0.15) is 5.56 Å². The van der Waals surface area contributed by atoms with Gasteiger partial charge in [0.05, 0.1) is 14.2 Å². The van der Waals surface area contributed by atoms with E-state index in [1.807, 2.05) is 0 Å². The summed E-state index contributed by atoms with van der Waals surface area (Å²) in [5, 5.41) is 3.27. The minimum absolute atomic E-state index is 0.0140. The highest BCUT2D eigenvalue weighted by Crippen LogP contribution is 2.34. The Labute approximate surface area is 86.8 Å². The van der Waals surface area contributed by atoms with Gasteiger partial charge in [0, 0.05) is 16.7 Å². The highest BCUT2D eigenvalue weighted by molar-refractivity contribution is 6.30. The molecule has 1 rings (SSSR count). The maximum atomic E-state index is 10.2. The molecule has 76 valence electrons. The zero-order valence-electron chi connectivity index (χ0n) is 7.91. The molecule has 0 atom stereocenters. The fourth-order valence-corrected chi connectivity index (χ4v) is 1.42. The van der Waals surface area contributed by atoms with E-state index < -0.39 is 0 Å². The number of hydrogen-bond donors (Lipinski definition) is 0. The molecule has 0 saturated carbocycles. The number of nitrogens with zero attached hydrogens (tertiary/aromatic N) is 1. The molecule has 0 aliphatic heterocycles. The van der Waals surface area contributed by atoms with Crippen LogP contribution in [0, 0.1) is 4.91 Å². The third-order valence-electron chi connectivity index (χ3n) is 1.76. The van der Waals surface area contributed by atoms with Gasteiger partial charge in [0.1, 0.15) is 6.54 Å². The first-order valence-electron chi connectivity index (χ1n) is 3.92. The lowest BCUT2D eigenvalue weighted by Gasteiger charge is -2.11. The van der Waals surface area contributed by atoms with Crippen molar-refractivity contribution in [1.82, 2.24) is 0 Å². The third kappa shape index (κ3) is 2.14. The van der Waals surface area contributed by atoms with Crippen molar-refractivity contribution in [1.29, 1.82) is 0 Å². The molecule has 0 N–H and O–H groups in total. The Morgan fingerprint density at radius 3 is 2.57 bits per heavy atom. The molecule has 0 fully saturated rings. The number of hydrogen-bond acceptors (Lipinski definition) is 4.